The van der Waals surface area contributed by atoms with E-state index in [0.29, 0.717) is 11.7 Å². The van der Waals surface area contributed by atoms with Gasteiger partial charge < -0.3 is 10.3 Å². The van der Waals surface area contributed by atoms with Crippen molar-refractivity contribution in [1.29, 1.82) is 0 Å². The summed E-state index contributed by atoms with van der Waals surface area (Å²) >= 11 is 15.4. The summed E-state index contributed by atoms with van der Waals surface area (Å²) in [4.78, 5) is 7.29. The average Bonchev–Trinajstić information content (AvgIpc) is 2.82. The fourth-order valence-corrected chi connectivity index (χ4v) is 2.72. The smallest absolute Gasteiger partial charge is 0.152 e. The molecule has 6 heteroatoms. The van der Waals surface area contributed by atoms with Gasteiger partial charge in [-0.2, -0.15) is 0 Å². The van der Waals surface area contributed by atoms with E-state index in [1.54, 1.807) is 6.20 Å². The lowest BCUT2D eigenvalue weighted by atomic mass is 10.2. The second kappa shape index (κ2) is 5.64. The molecule has 1 aromatic carbocycles. The molecule has 0 bridgehead atoms. The summed E-state index contributed by atoms with van der Waals surface area (Å²) < 4.78 is 0.884. The Bertz CT molecular complexity index is 770. The van der Waals surface area contributed by atoms with Crippen LogP contribution in [0.15, 0.2) is 41.1 Å². The normalized spacial score (nSPS) is 10.9. The Balaban J connectivity index is 1.85. The van der Waals surface area contributed by atoms with Gasteiger partial charge in [0, 0.05) is 39.3 Å². The zero-order chi connectivity index (χ0) is 14.1. The third kappa shape index (κ3) is 2.77. The van der Waals surface area contributed by atoms with Gasteiger partial charge in [0.2, 0.25) is 0 Å². The molecule has 2 heterocycles. The molecular weight excluding hydrogens is 361 g/mol. The number of aromatic nitrogens is 2. The van der Waals surface area contributed by atoms with Crippen LogP contribution in [0.5, 0.6) is 0 Å². The van der Waals surface area contributed by atoms with E-state index in [0.717, 1.165) is 31.6 Å². The van der Waals surface area contributed by atoms with Gasteiger partial charge in [-0.25, -0.2) is 4.98 Å². The number of pyridine rings is 1. The summed E-state index contributed by atoms with van der Waals surface area (Å²) in [6, 6.07) is 7.70. The average molecular weight is 371 g/mol. The fraction of sp³-hybridized carbons (Fsp3) is 0.0714. The van der Waals surface area contributed by atoms with Gasteiger partial charge >= 0.3 is 0 Å². The molecule has 3 nitrogen and oxygen atoms in total. The first-order chi connectivity index (χ1) is 9.63. The summed E-state index contributed by atoms with van der Waals surface area (Å²) in [5.74, 6) is 0. The minimum atomic E-state index is 0.455. The monoisotopic (exact) mass is 369 g/mol. The number of H-pyrrole nitrogens is 1. The van der Waals surface area contributed by atoms with Crippen molar-refractivity contribution in [3.05, 3.63) is 56.9 Å². The molecule has 0 atom stereocenters. The van der Waals surface area contributed by atoms with Gasteiger partial charge in [-0.1, -0.05) is 29.3 Å². The highest BCUT2D eigenvalue weighted by Gasteiger charge is 2.06. The first-order valence-electron chi connectivity index (χ1n) is 5.94. The fourth-order valence-electron chi connectivity index (χ4n) is 2.04. The lowest BCUT2D eigenvalue weighted by Crippen LogP contribution is -2.00. The first-order valence-corrected chi connectivity index (χ1v) is 7.49. The number of hydrogen-bond donors (Lipinski definition) is 2. The molecule has 0 fully saturated rings. The summed E-state index contributed by atoms with van der Waals surface area (Å²) in [6.07, 6.45) is 3.63. The Morgan fingerprint density at radius 2 is 2.10 bits per heavy atom. The molecule has 0 amide bonds. The number of nitrogens with one attached hydrogen (secondary N) is 2. The topological polar surface area (TPSA) is 40.7 Å². The lowest BCUT2D eigenvalue weighted by molar-refractivity contribution is 1.15. The molecule has 102 valence electrons. The Morgan fingerprint density at radius 1 is 1.25 bits per heavy atom. The van der Waals surface area contributed by atoms with Crippen molar-refractivity contribution < 1.29 is 0 Å². The van der Waals surface area contributed by atoms with Crippen molar-refractivity contribution in [2.45, 2.75) is 6.54 Å². The Labute approximate surface area is 134 Å². The van der Waals surface area contributed by atoms with E-state index in [1.807, 2.05) is 30.5 Å². The van der Waals surface area contributed by atoms with Crippen molar-refractivity contribution >= 4 is 55.7 Å². The third-order valence-electron chi connectivity index (χ3n) is 3.00. The summed E-state index contributed by atoms with van der Waals surface area (Å²) in [5, 5.41) is 5.60. The predicted octanol–water partition coefficient (Wildman–Crippen LogP) is 5.24. The van der Waals surface area contributed by atoms with Crippen LogP contribution in [0.3, 0.4) is 0 Å². The number of fused-ring (bicyclic) bond motifs is 1. The molecule has 20 heavy (non-hydrogen) atoms. The zero-order valence-corrected chi connectivity index (χ0v) is 13.4. The van der Waals surface area contributed by atoms with Gasteiger partial charge in [0.1, 0.15) is 0 Å². The van der Waals surface area contributed by atoms with Crippen LogP contribution in [0, 0.1) is 0 Å². The molecule has 0 aliphatic heterocycles. The molecule has 0 saturated heterocycles. The van der Waals surface area contributed by atoms with Crippen LogP contribution in [0.4, 0.5) is 5.69 Å². The molecule has 3 aromatic rings. The van der Waals surface area contributed by atoms with E-state index in [2.05, 4.69) is 31.2 Å². The molecule has 2 N–H and O–H groups in total. The Hall–Kier alpha value is -1.23. The van der Waals surface area contributed by atoms with Gasteiger partial charge in [-0.3, -0.25) is 0 Å². The largest absolute Gasteiger partial charge is 0.378 e. The van der Waals surface area contributed by atoms with Gasteiger partial charge in [-0.15, -0.1) is 0 Å². The van der Waals surface area contributed by atoms with Crippen molar-refractivity contribution in [2.24, 2.45) is 0 Å². The van der Waals surface area contributed by atoms with Crippen molar-refractivity contribution in [2.75, 3.05) is 5.32 Å². The molecule has 0 saturated carbocycles. The highest BCUT2D eigenvalue weighted by Crippen LogP contribution is 2.26. The van der Waals surface area contributed by atoms with Crippen LogP contribution >= 0.6 is 39.1 Å². The number of nitrogens with zero attached hydrogens (tertiary/aromatic N) is 1. The second-order valence-corrected chi connectivity index (χ2v) is 6.06. The van der Waals surface area contributed by atoms with E-state index in [1.165, 1.54) is 0 Å². The van der Waals surface area contributed by atoms with Gasteiger partial charge in [0.15, 0.2) is 5.15 Å². The molecule has 0 aliphatic carbocycles. The molecule has 0 unspecified atom stereocenters. The molecule has 2 aromatic heterocycles. The standard InChI is InChI=1S/C14H10BrCl2N3/c15-9-3-13(14(17)20-7-9)19-6-8-5-18-12-4-10(16)1-2-11(8)12/h1-5,7,18-19H,6H2. The highest BCUT2D eigenvalue weighted by atomic mass is 79.9. The van der Waals surface area contributed by atoms with Gasteiger partial charge in [-0.05, 0) is 39.7 Å². The predicted molar refractivity (Wildman–Crippen MR) is 87.6 cm³/mol. The van der Waals surface area contributed by atoms with E-state index in [9.17, 15) is 0 Å². The number of aromatic amines is 1. The van der Waals surface area contributed by atoms with E-state index < -0.39 is 0 Å². The molecular formula is C14H10BrCl2N3. The Kier molecular flexibility index (Phi) is 3.87. The van der Waals surface area contributed by atoms with Crippen molar-refractivity contribution in [3.8, 4) is 0 Å². The summed E-state index contributed by atoms with van der Waals surface area (Å²) in [6.45, 7) is 0.652. The Morgan fingerprint density at radius 3 is 2.95 bits per heavy atom. The number of benzene rings is 1. The SMILES string of the molecule is Clc1ccc2c(CNc3cc(Br)cnc3Cl)c[nH]c2c1. The lowest BCUT2D eigenvalue weighted by Gasteiger charge is -2.07. The molecule has 0 spiro atoms. The highest BCUT2D eigenvalue weighted by molar-refractivity contribution is 9.10. The molecule has 0 radical (unpaired) electrons. The van der Waals surface area contributed by atoms with Crippen LogP contribution in [-0.2, 0) is 6.54 Å². The van der Waals surface area contributed by atoms with Crippen LogP contribution in [-0.4, -0.2) is 9.97 Å². The van der Waals surface area contributed by atoms with Crippen LogP contribution in [0.2, 0.25) is 10.2 Å². The summed E-state index contributed by atoms with van der Waals surface area (Å²) in [7, 11) is 0. The van der Waals surface area contributed by atoms with Crippen molar-refractivity contribution in [3.63, 3.8) is 0 Å². The minimum absolute atomic E-state index is 0.455. The number of anilines is 1. The summed E-state index contributed by atoms with van der Waals surface area (Å²) in [5.41, 5.74) is 2.96. The van der Waals surface area contributed by atoms with Gasteiger partial charge in [0.05, 0.1) is 5.69 Å². The van der Waals surface area contributed by atoms with E-state index in [-0.39, 0.29) is 0 Å². The quantitative estimate of drug-likeness (QED) is 0.618. The van der Waals surface area contributed by atoms with Crippen LogP contribution in [0.25, 0.3) is 10.9 Å². The third-order valence-corrected chi connectivity index (χ3v) is 3.97. The van der Waals surface area contributed by atoms with E-state index >= 15 is 0 Å². The molecule has 3 rings (SSSR count). The zero-order valence-electron chi connectivity index (χ0n) is 10.3. The van der Waals surface area contributed by atoms with Crippen LogP contribution < -0.4 is 5.32 Å². The van der Waals surface area contributed by atoms with E-state index in [4.69, 9.17) is 23.2 Å². The maximum atomic E-state index is 6.06. The maximum absolute atomic E-state index is 6.06. The van der Waals surface area contributed by atoms with Gasteiger partial charge in [0.25, 0.3) is 0 Å². The number of rotatable bonds is 3. The minimum Gasteiger partial charge on any atom is -0.378 e. The first kappa shape index (κ1) is 13.7. The van der Waals surface area contributed by atoms with Crippen molar-refractivity contribution in [1.82, 2.24) is 9.97 Å². The maximum Gasteiger partial charge on any atom is 0.152 e. The molecule has 0 aliphatic rings. The second-order valence-electron chi connectivity index (χ2n) is 4.35. The number of hydrogen-bond acceptors (Lipinski definition) is 2. The number of halogens is 3. The van der Waals surface area contributed by atoms with Crippen LogP contribution in [0.1, 0.15) is 5.56 Å².